The molecule has 0 bridgehead atoms. The fraction of sp³-hybridized carbons (Fsp3) is 0.100. The van der Waals surface area contributed by atoms with Gasteiger partial charge in [0.15, 0.2) is 16.7 Å². The van der Waals surface area contributed by atoms with E-state index in [0.29, 0.717) is 11.6 Å². The highest BCUT2D eigenvalue weighted by Gasteiger charge is 2.22. The number of benzene rings is 2. The van der Waals surface area contributed by atoms with Crippen molar-refractivity contribution in [2.75, 3.05) is 11.9 Å². The average Bonchev–Trinajstić information content (AvgIpc) is 3.12. The Bertz CT molecular complexity index is 1100. The van der Waals surface area contributed by atoms with Crippen molar-refractivity contribution in [1.82, 2.24) is 15.1 Å². The molecule has 2 aromatic carbocycles. The fourth-order valence-corrected chi connectivity index (χ4v) is 2.76. The van der Waals surface area contributed by atoms with Gasteiger partial charge in [-0.25, -0.2) is 18.3 Å². The van der Waals surface area contributed by atoms with E-state index in [-0.39, 0.29) is 28.8 Å². The molecule has 0 atom stereocenters. The van der Waals surface area contributed by atoms with E-state index in [1.165, 1.54) is 0 Å². The van der Waals surface area contributed by atoms with E-state index in [9.17, 15) is 18.4 Å². The van der Waals surface area contributed by atoms with Gasteiger partial charge in [-0.1, -0.05) is 18.2 Å². The second kappa shape index (κ2) is 9.23. The van der Waals surface area contributed by atoms with Crippen LogP contribution in [0.25, 0.3) is 5.69 Å². The molecule has 3 rings (SSSR count). The van der Waals surface area contributed by atoms with Crippen LogP contribution in [-0.4, -0.2) is 33.4 Å². The minimum absolute atomic E-state index is 0.0441. The van der Waals surface area contributed by atoms with Crippen molar-refractivity contribution < 1.29 is 23.1 Å². The molecule has 10 heteroatoms. The zero-order valence-electron chi connectivity index (χ0n) is 15.7. The number of ether oxygens (including phenoxy) is 1. The van der Waals surface area contributed by atoms with Crippen LogP contribution >= 0.6 is 12.2 Å². The lowest BCUT2D eigenvalue weighted by atomic mass is 10.2. The third kappa shape index (κ3) is 4.66. The quantitative estimate of drug-likeness (QED) is 0.476. The molecule has 0 spiro atoms. The molecule has 1 aromatic heterocycles. The molecular weight excluding hydrogens is 414 g/mol. The molecule has 1 amide bonds. The van der Waals surface area contributed by atoms with Crippen molar-refractivity contribution in [3.05, 3.63) is 77.5 Å². The Kier molecular flexibility index (Phi) is 6.48. The largest absolute Gasteiger partial charge is 0.462 e. The second-order valence-corrected chi connectivity index (χ2v) is 6.32. The summed E-state index contributed by atoms with van der Waals surface area (Å²) >= 11 is 5.16. The van der Waals surface area contributed by atoms with Gasteiger partial charge in [0.25, 0.3) is 5.91 Å². The van der Waals surface area contributed by atoms with Crippen LogP contribution in [0, 0.1) is 11.6 Å². The van der Waals surface area contributed by atoms with Crippen LogP contribution in [0.2, 0.25) is 0 Å². The van der Waals surface area contributed by atoms with E-state index in [4.69, 9.17) is 17.0 Å². The number of nitrogens with one attached hydrogen (secondary N) is 2. The monoisotopic (exact) mass is 430 g/mol. The molecule has 3 aromatic rings. The van der Waals surface area contributed by atoms with Crippen LogP contribution < -0.4 is 10.6 Å². The highest BCUT2D eigenvalue weighted by molar-refractivity contribution is 7.80. The molecule has 0 saturated heterocycles. The number of thiocarbonyl (C=S) groups is 1. The molecule has 0 aliphatic heterocycles. The van der Waals surface area contributed by atoms with Gasteiger partial charge in [-0.15, -0.1) is 0 Å². The summed E-state index contributed by atoms with van der Waals surface area (Å²) in [6.45, 7) is 1.73. The van der Waals surface area contributed by atoms with Crippen molar-refractivity contribution >= 4 is 35.0 Å². The van der Waals surface area contributed by atoms with Crippen LogP contribution in [-0.2, 0) is 4.74 Å². The van der Waals surface area contributed by atoms with Gasteiger partial charge in [0, 0.05) is 11.6 Å². The predicted molar refractivity (Wildman–Crippen MR) is 110 cm³/mol. The number of rotatable bonds is 5. The maximum atomic E-state index is 14.3. The van der Waals surface area contributed by atoms with Crippen molar-refractivity contribution in [1.29, 1.82) is 0 Å². The van der Waals surface area contributed by atoms with E-state index < -0.39 is 23.5 Å². The smallest absolute Gasteiger partial charge is 0.343 e. The molecular formula is C20H16F2N4O3S. The van der Waals surface area contributed by atoms with E-state index in [0.717, 1.165) is 23.0 Å². The maximum absolute atomic E-state index is 14.3. The standard InChI is InChI=1S/C20H16F2N4O3S/c1-2-29-19(28)14-11-23-26(16-9-8-13(21)10-15(16)22)17(14)24-20(30)25-18(27)12-6-4-3-5-7-12/h3-11H,2H2,1H3,(H2,24,25,27,30). The highest BCUT2D eigenvalue weighted by Crippen LogP contribution is 2.23. The van der Waals surface area contributed by atoms with Gasteiger partial charge in [-0.05, 0) is 43.4 Å². The Morgan fingerprint density at radius 1 is 1.17 bits per heavy atom. The number of anilines is 1. The first kappa shape index (κ1) is 21.1. The number of carbonyl (C=O) groups excluding carboxylic acids is 2. The van der Waals surface area contributed by atoms with Crippen LogP contribution in [0.3, 0.4) is 0 Å². The summed E-state index contributed by atoms with van der Waals surface area (Å²) < 4.78 is 33.6. The Morgan fingerprint density at radius 3 is 2.57 bits per heavy atom. The Hall–Kier alpha value is -3.66. The van der Waals surface area contributed by atoms with E-state index >= 15 is 0 Å². The zero-order valence-corrected chi connectivity index (χ0v) is 16.5. The summed E-state index contributed by atoms with van der Waals surface area (Å²) in [5.41, 5.74) is 0.189. The van der Waals surface area contributed by atoms with Crippen molar-refractivity contribution in [3.63, 3.8) is 0 Å². The molecule has 0 saturated carbocycles. The van der Waals surface area contributed by atoms with Gasteiger partial charge in [0.1, 0.15) is 17.1 Å². The Balaban J connectivity index is 1.92. The van der Waals surface area contributed by atoms with Gasteiger partial charge < -0.3 is 10.1 Å². The minimum Gasteiger partial charge on any atom is -0.462 e. The highest BCUT2D eigenvalue weighted by atomic mass is 32.1. The fourth-order valence-electron chi connectivity index (χ4n) is 2.57. The van der Waals surface area contributed by atoms with E-state index in [2.05, 4.69) is 15.7 Å². The van der Waals surface area contributed by atoms with Crippen LogP contribution in [0.4, 0.5) is 14.6 Å². The van der Waals surface area contributed by atoms with Crippen LogP contribution in [0.15, 0.2) is 54.7 Å². The molecule has 0 unspecified atom stereocenters. The summed E-state index contributed by atoms with van der Waals surface area (Å²) in [7, 11) is 0. The molecule has 0 aliphatic rings. The van der Waals surface area contributed by atoms with Crippen LogP contribution in [0.1, 0.15) is 27.6 Å². The number of nitrogens with zero attached hydrogens (tertiary/aromatic N) is 2. The van der Waals surface area contributed by atoms with Gasteiger partial charge in [-0.2, -0.15) is 5.10 Å². The number of esters is 1. The third-order valence-corrected chi connectivity index (χ3v) is 4.10. The number of hydrogen-bond donors (Lipinski definition) is 2. The maximum Gasteiger partial charge on any atom is 0.343 e. The summed E-state index contributed by atoms with van der Waals surface area (Å²) in [5, 5.41) is 8.98. The molecule has 0 fully saturated rings. The summed E-state index contributed by atoms with van der Waals surface area (Å²) in [5.74, 6) is -2.93. The number of aromatic nitrogens is 2. The average molecular weight is 430 g/mol. The SMILES string of the molecule is CCOC(=O)c1cnn(-c2ccc(F)cc2F)c1NC(=S)NC(=O)c1ccccc1. The van der Waals surface area contributed by atoms with Gasteiger partial charge >= 0.3 is 5.97 Å². The van der Waals surface area contributed by atoms with E-state index in [1.807, 2.05) is 0 Å². The zero-order chi connectivity index (χ0) is 21.7. The van der Waals surface area contributed by atoms with Crippen molar-refractivity contribution in [3.8, 4) is 5.69 Å². The lowest BCUT2D eigenvalue weighted by Crippen LogP contribution is -2.35. The second-order valence-electron chi connectivity index (χ2n) is 5.91. The predicted octanol–water partition coefficient (Wildman–Crippen LogP) is 3.45. The van der Waals surface area contributed by atoms with Gasteiger partial charge in [0.2, 0.25) is 0 Å². The summed E-state index contributed by atoms with van der Waals surface area (Å²) in [6.07, 6.45) is 1.16. The van der Waals surface area contributed by atoms with Gasteiger partial charge in [0.05, 0.1) is 12.8 Å². The van der Waals surface area contributed by atoms with E-state index in [1.54, 1.807) is 37.3 Å². The molecule has 0 radical (unpaired) electrons. The number of carbonyl (C=O) groups is 2. The lowest BCUT2D eigenvalue weighted by molar-refractivity contribution is 0.0527. The first-order valence-corrected chi connectivity index (χ1v) is 9.19. The normalized spacial score (nSPS) is 10.4. The summed E-state index contributed by atoms with van der Waals surface area (Å²) in [6, 6.07) is 11.2. The minimum atomic E-state index is -0.907. The molecule has 2 N–H and O–H groups in total. The first-order chi connectivity index (χ1) is 14.4. The Labute approximate surface area is 175 Å². The molecule has 0 aliphatic carbocycles. The third-order valence-electron chi connectivity index (χ3n) is 3.90. The number of halogens is 2. The van der Waals surface area contributed by atoms with Gasteiger partial charge in [-0.3, -0.25) is 10.1 Å². The molecule has 154 valence electrons. The number of hydrogen-bond acceptors (Lipinski definition) is 5. The molecule has 7 nitrogen and oxygen atoms in total. The van der Waals surface area contributed by atoms with Crippen molar-refractivity contribution in [2.45, 2.75) is 6.92 Å². The molecule has 30 heavy (non-hydrogen) atoms. The topological polar surface area (TPSA) is 85.2 Å². The number of amides is 1. The lowest BCUT2D eigenvalue weighted by Gasteiger charge is -2.14. The Morgan fingerprint density at radius 2 is 1.90 bits per heavy atom. The van der Waals surface area contributed by atoms with Crippen LogP contribution in [0.5, 0.6) is 0 Å². The van der Waals surface area contributed by atoms with Crippen molar-refractivity contribution in [2.24, 2.45) is 0 Å². The first-order valence-electron chi connectivity index (χ1n) is 8.78. The molecule has 1 heterocycles. The summed E-state index contributed by atoms with van der Waals surface area (Å²) in [4.78, 5) is 24.6.